The molecule has 4 atom stereocenters. The zero-order valence-corrected chi connectivity index (χ0v) is 25.5. The van der Waals surface area contributed by atoms with Gasteiger partial charge in [0.25, 0.3) is 0 Å². The summed E-state index contributed by atoms with van der Waals surface area (Å²) < 4.78 is 56.6. The molecule has 0 N–H and O–H groups in total. The Kier molecular flexibility index (Phi) is 8.21. The Labute approximate surface area is 262 Å². The van der Waals surface area contributed by atoms with Gasteiger partial charge in [-0.1, -0.05) is 6.07 Å². The van der Waals surface area contributed by atoms with Crippen molar-refractivity contribution in [2.24, 2.45) is 0 Å². The highest BCUT2D eigenvalue weighted by Crippen LogP contribution is 2.49. The molecule has 3 aromatic rings. The summed E-state index contributed by atoms with van der Waals surface area (Å²) in [4.78, 5) is 49.6. The number of esters is 4. The first-order valence-corrected chi connectivity index (χ1v) is 14.2. The molecule has 242 valence electrons. The molecule has 1 saturated heterocycles. The molecule has 0 amide bonds. The lowest BCUT2D eigenvalue weighted by molar-refractivity contribution is -0.259. The molecule has 3 heterocycles. The van der Waals surface area contributed by atoms with E-state index in [-0.39, 0.29) is 31.3 Å². The summed E-state index contributed by atoms with van der Waals surface area (Å²) in [6.45, 7) is 3.16. The fourth-order valence-electron chi connectivity index (χ4n) is 5.82. The highest BCUT2D eigenvalue weighted by atomic mass is 16.7. The van der Waals surface area contributed by atoms with Gasteiger partial charge >= 0.3 is 23.9 Å². The van der Waals surface area contributed by atoms with E-state index in [9.17, 15) is 19.2 Å². The number of ether oxygens (including phenoxy) is 10. The number of carbonyl (C=O) groups is 4. The van der Waals surface area contributed by atoms with E-state index < -0.39 is 48.5 Å². The lowest BCUT2D eigenvalue weighted by Crippen LogP contribution is -2.59. The summed E-state index contributed by atoms with van der Waals surface area (Å²) in [6, 6.07) is 8.69. The fourth-order valence-corrected chi connectivity index (χ4v) is 5.82. The maximum absolute atomic E-state index is 13.4. The molecule has 0 aromatic heterocycles. The van der Waals surface area contributed by atoms with Gasteiger partial charge in [-0.2, -0.15) is 0 Å². The Morgan fingerprint density at radius 2 is 1.41 bits per heavy atom. The third-order valence-electron chi connectivity index (χ3n) is 7.62. The molecule has 0 spiro atoms. The minimum absolute atomic E-state index is 0.0645. The number of carbonyl (C=O) groups excluding carboxylic acids is 4. The van der Waals surface area contributed by atoms with Crippen LogP contribution in [0.3, 0.4) is 0 Å². The Bertz CT molecular complexity index is 1750. The first-order chi connectivity index (χ1) is 22.1. The normalized spacial score (nSPS) is 21.2. The van der Waals surface area contributed by atoms with E-state index in [1.165, 1.54) is 28.1 Å². The molecule has 14 nitrogen and oxygen atoms in total. The Hall–Kier alpha value is -5.24. The standard InChI is InChI=1S/C32H30O14/c1-14(33)43-25-12-40-32(30(45-16(3)35)29(25)44-15(2)34)46-28-19-10-23(38-5)22(37-4)9-18(19)26(27-20(28)11-39-31(27)36)17-6-7-21-24(8-17)42-13-41-21/h6-10,25,29-30,32H,11-13H2,1-5H3/t25-,29+,30-,32+/m1/s1. The van der Waals surface area contributed by atoms with E-state index in [0.717, 1.165) is 6.92 Å². The number of fused-ring (bicyclic) bond motifs is 3. The topological polar surface area (TPSA) is 161 Å². The molecule has 3 aliphatic heterocycles. The fraction of sp³-hybridized carbons (Fsp3) is 0.375. The van der Waals surface area contributed by atoms with E-state index in [0.29, 0.717) is 50.5 Å². The van der Waals surface area contributed by atoms with Gasteiger partial charge in [0, 0.05) is 37.3 Å². The average molecular weight is 639 g/mol. The van der Waals surface area contributed by atoms with Gasteiger partial charge in [-0.25, -0.2) is 4.79 Å². The second-order valence-electron chi connectivity index (χ2n) is 10.6. The van der Waals surface area contributed by atoms with Gasteiger partial charge in [0.05, 0.1) is 26.4 Å². The van der Waals surface area contributed by atoms with Crippen LogP contribution in [0, 0.1) is 0 Å². The number of hydrogen-bond donors (Lipinski definition) is 0. The molecule has 0 bridgehead atoms. The number of hydrogen-bond acceptors (Lipinski definition) is 14. The van der Waals surface area contributed by atoms with Crippen LogP contribution >= 0.6 is 0 Å². The van der Waals surface area contributed by atoms with Crippen LogP contribution in [0.5, 0.6) is 28.7 Å². The molecule has 6 rings (SSSR count). The van der Waals surface area contributed by atoms with Crippen LogP contribution in [0.4, 0.5) is 0 Å². The SMILES string of the molecule is COc1cc2c(O[C@@H]3OC[C@@H](OC(C)=O)[C@H](OC(C)=O)[C@H]3OC(C)=O)c3c(c(-c4ccc5c(c4)OCO5)c2cc1OC)C(=O)OC3. The summed E-state index contributed by atoms with van der Waals surface area (Å²) in [5, 5.41) is 0.997. The molecule has 1 fully saturated rings. The van der Waals surface area contributed by atoms with Crippen molar-refractivity contribution >= 4 is 34.6 Å². The Morgan fingerprint density at radius 1 is 0.761 bits per heavy atom. The van der Waals surface area contributed by atoms with Gasteiger partial charge in [0.2, 0.25) is 19.2 Å². The summed E-state index contributed by atoms with van der Waals surface area (Å²) >= 11 is 0. The lowest BCUT2D eigenvalue weighted by atomic mass is 9.89. The van der Waals surface area contributed by atoms with Crippen molar-refractivity contribution in [1.29, 1.82) is 0 Å². The Balaban J connectivity index is 1.54. The zero-order chi connectivity index (χ0) is 32.7. The molecule has 0 saturated carbocycles. The highest BCUT2D eigenvalue weighted by Gasteiger charge is 2.49. The van der Waals surface area contributed by atoms with Crippen LogP contribution < -0.4 is 23.7 Å². The van der Waals surface area contributed by atoms with Crippen molar-refractivity contribution < 1.29 is 66.5 Å². The molecule has 14 heteroatoms. The maximum Gasteiger partial charge on any atom is 0.339 e. The van der Waals surface area contributed by atoms with Crippen LogP contribution in [0.2, 0.25) is 0 Å². The van der Waals surface area contributed by atoms with Crippen LogP contribution in [0.1, 0.15) is 36.7 Å². The predicted octanol–water partition coefficient (Wildman–Crippen LogP) is 3.45. The van der Waals surface area contributed by atoms with Crippen LogP contribution in [0.15, 0.2) is 30.3 Å². The number of benzene rings is 3. The quantitative estimate of drug-likeness (QED) is 0.261. The number of cyclic esters (lactones) is 1. The summed E-state index contributed by atoms with van der Waals surface area (Å²) in [5.41, 5.74) is 1.76. The van der Waals surface area contributed by atoms with Gasteiger partial charge in [-0.15, -0.1) is 0 Å². The van der Waals surface area contributed by atoms with E-state index in [1.54, 1.807) is 30.3 Å². The van der Waals surface area contributed by atoms with Crippen molar-refractivity contribution in [3.05, 3.63) is 41.5 Å². The van der Waals surface area contributed by atoms with Crippen molar-refractivity contribution in [2.45, 2.75) is 52.0 Å². The van der Waals surface area contributed by atoms with Crippen LogP contribution in [-0.4, -0.2) is 76.1 Å². The van der Waals surface area contributed by atoms with Gasteiger partial charge in [-0.3, -0.25) is 14.4 Å². The monoisotopic (exact) mass is 638 g/mol. The van der Waals surface area contributed by atoms with Crippen LogP contribution in [-0.2, 0) is 44.7 Å². The molecular formula is C32H30O14. The summed E-state index contributed by atoms with van der Waals surface area (Å²) in [7, 11) is 2.96. The average Bonchev–Trinajstić information content (AvgIpc) is 3.64. The minimum atomic E-state index is -1.38. The largest absolute Gasteiger partial charge is 0.493 e. The van der Waals surface area contributed by atoms with E-state index in [1.807, 2.05) is 0 Å². The van der Waals surface area contributed by atoms with Gasteiger partial charge < -0.3 is 47.4 Å². The third kappa shape index (κ3) is 5.55. The zero-order valence-electron chi connectivity index (χ0n) is 25.5. The molecule has 46 heavy (non-hydrogen) atoms. The predicted molar refractivity (Wildman–Crippen MR) is 155 cm³/mol. The van der Waals surface area contributed by atoms with Gasteiger partial charge in [0.1, 0.15) is 12.4 Å². The Morgan fingerprint density at radius 3 is 2.09 bits per heavy atom. The maximum atomic E-state index is 13.4. The molecule has 3 aliphatic rings. The van der Waals surface area contributed by atoms with Gasteiger partial charge in [-0.05, 0) is 35.2 Å². The number of rotatable bonds is 8. The summed E-state index contributed by atoms with van der Waals surface area (Å²) in [5.74, 6) is -0.746. The van der Waals surface area contributed by atoms with Crippen molar-refractivity contribution in [2.75, 3.05) is 27.6 Å². The molecule has 0 radical (unpaired) electrons. The second kappa shape index (κ2) is 12.3. The summed E-state index contributed by atoms with van der Waals surface area (Å²) in [6.07, 6.45) is -5.14. The minimum Gasteiger partial charge on any atom is -0.493 e. The van der Waals surface area contributed by atoms with Crippen LogP contribution in [0.25, 0.3) is 21.9 Å². The van der Waals surface area contributed by atoms with E-state index in [2.05, 4.69) is 0 Å². The highest BCUT2D eigenvalue weighted by molar-refractivity contribution is 6.14. The molecule has 0 aliphatic carbocycles. The van der Waals surface area contributed by atoms with Crippen molar-refractivity contribution in [3.8, 4) is 39.9 Å². The van der Waals surface area contributed by atoms with Crippen molar-refractivity contribution in [1.82, 2.24) is 0 Å². The molecule has 0 unspecified atom stereocenters. The van der Waals surface area contributed by atoms with Crippen molar-refractivity contribution in [3.63, 3.8) is 0 Å². The van der Waals surface area contributed by atoms with E-state index >= 15 is 0 Å². The first kappa shape index (κ1) is 30.8. The molecular weight excluding hydrogens is 608 g/mol. The first-order valence-electron chi connectivity index (χ1n) is 14.2. The van der Waals surface area contributed by atoms with Gasteiger partial charge in [0.15, 0.2) is 35.2 Å². The molecule has 3 aromatic carbocycles. The van der Waals surface area contributed by atoms with E-state index in [4.69, 9.17) is 47.4 Å². The number of methoxy groups -OCH3 is 2. The lowest BCUT2D eigenvalue weighted by Gasteiger charge is -2.40. The smallest absolute Gasteiger partial charge is 0.339 e. The second-order valence-corrected chi connectivity index (χ2v) is 10.6. The third-order valence-corrected chi connectivity index (χ3v) is 7.62.